The van der Waals surface area contributed by atoms with E-state index in [4.69, 9.17) is 4.74 Å². The van der Waals surface area contributed by atoms with Crippen LogP contribution in [0.5, 0.6) is 5.75 Å². The molecule has 2 amide bonds. The quantitative estimate of drug-likeness (QED) is 0.648. The fourth-order valence-electron chi connectivity index (χ4n) is 4.22. The molecular formula is C26H35N3O3. The van der Waals surface area contributed by atoms with E-state index in [1.165, 1.54) is 4.90 Å². The summed E-state index contributed by atoms with van der Waals surface area (Å²) in [5, 5.41) is 2.94. The van der Waals surface area contributed by atoms with Gasteiger partial charge in [-0.3, -0.25) is 14.5 Å². The van der Waals surface area contributed by atoms with E-state index < -0.39 is 0 Å². The van der Waals surface area contributed by atoms with Crippen LogP contribution in [0.3, 0.4) is 0 Å². The smallest absolute Gasteiger partial charge is 0.243 e. The van der Waals surface area contributed by atoms with Crippen molar-refractivity contribution in [2.45, 2.75) is 39.2 Å². The number of carbonyl (C=O) groups excluding carboxylic acids is 2. The number of carbonyl (C=O) groups is 2. The number of amides is 2. The Hall–Kier alpha value is -2.86. The van der Waals surface area contributed by atoms with Gasteiger partial charge in [0.05, 0.1) is 19.2 Å². The molecule has 0 saturated carbocycles. The predicted molar refractivity (Wildman–Crippen MR) is 128 cm³/mol. The van der Waals surface area contributed by atoms with Crippen molar-refractivity contribution < 1.29 is 14.3 Å². The Morgan fingerprint density at radius 1 is 1.16 bits per heavy atom. The van der Waals surface area contributed by atoms with Crippen molar-refractivity contribution in [3.05, 3.63) is 60.2 Å². The lowest BCUT2D eigenvalue weighted by Crippen LogP contribution is -2.51. The first kappa shape index (κ1) is 23.8. The lowest BCUT2D eigenvalue weighted by atomic mass is 9.97. The highest BCUT2D eigenvalue weighted by Gasteiger charge is 2.30. The van der Waals surface area contributed by atoms with Crippen molar-refractivity contribution in [3.63, 3.8) is 0 Å². The number of ether oxygens (including phenoxy) is 1. The van der Waals surface area contributed by atoms with Crippen LogP contribution in [0.2, 0.25) is 0 Å². The normalized spacial score (nSPS) is 17.4. The van der Waals surface area contributed by atoms with Crippen molar-refractivity contribution in [3.8, 4) is 5.75 Å². The van der Waals surface area contributed by atoms with Gasteiger partial charge in [-0.1, -0.05) is 43.3 Å². The standard InChI is InChI=1S/C26H35N3O3/c1-4-22-12-8-9-15-24(22)27-25(30)18-28(3)26(31)20(2)29-16-10-11-21(17-29)19-32-23-13-6-5-7-14-23/h5-9,12-15,20-21H,4,10-11,16-19H2,1-3H3,(H,27,30). The average molecular weight is 438 g/mol. The highest BCUT2D eigenvalue weighted by molar-refractivity contribution is 5.95. The molecule has 3 rings (SSSR count). The molecule has 0 aliphatic carbocycles. The Kier molecular flexibility index (Phi) is 8.68. The molecule has 1 fully saturated rings. The molecular weight excluding hydrogens is 402 g/mol. The largest absolute Gasteiger partial charge is 0.493 e. The van der Waals surface area contributed by atoms with Gasteiger partial charge in [0, 0.05) is 25.2 Å². The SMILES string of the molecule is CCc1ccccc1NC(=O)CN(C)C(=O)C(C)N1CCCC(COc2ccccc2)C1. The Morgan fingerprint density at radius 2 is 1.88 bits per heavy atom. The lowest BCUT2D eigenvalue weighted by Gasteiger charge is -2.37. The zero-order chi connectivity index (χ0) is 22.9. The zero-order valence-corrected chi connectivity index (χ0v) is 19.4. The number of benzene rings is 2. The number of aryl methyl sites for hydroxylation is 1. The van der Waals surface area contributed by atoms with E-state index in [2.05, 4.69) is 17.1 Å². The molecule has 6 nitrogen and oxygen atoms in total. The summed E-state index contributed by atoms with van der Waals surface area (Å²) >= 11 is 0. The third-order valence-electron chi connectivity index (χ3n) is 6.11. The monoisotopic (exact) mass is 437 g/mol. The van der Waals surface area contributed by atoms with Crippen LogP contribution in [-0.2, 0) is 16.0 Å². The molecule has 1 saturated heterocycles. The van der Waals surface area contributed by atoms with Gasteiger partial charge in [-0.25, -0.2) is 0 Å². The van der Waals surface area contributed by atoms with E-state index in [-0.39, 0.29) is 24.4 Å². The molecule has 1 N–H and O–H groups in total. The zero-order valence-electron chi connectivity index (χ0n) is 19.4. The van der Waals surface area contributed by atoms with Gasteiger partial charge in [0.1, 0.15) is 5.75 Å². The average Bonchev–Trinajstić information content (AvgIpc) is 2.83. The minimum atomic E-state index is -0.268. The maximum atomic E-state index is 13.0. The van der Waals surface area contributed by atoms with Gasteiger partial charge in [-0.05, 0) is 56.5 Å². The number of hydrogen-bond donors (Lipinski definition) is 1. The van der Waals surface area contributed by atoms with E-state index in [0.29, 0.717) is 12.5 Å². The van der Waals surface area contributed by atoms with Crippen LogP contribution < -0.4 is 10.1 Å². The fourth-order valence-corrected chi connectivity index (χ4v) is 4.22. The number of nitrogens with one attached hydrogen (secondary N) is 1. The topological polar surface area (TPSA) is 61.9 Å². The number of likely N-dealkylation sites (tertiary alicyclic amines) is 1. The van der Waals surface area contributed by atoms with Crippen LogP contribution >= 0.6 is 0 Å². The molecule has 2 aromatic rings. The summed E-state index contributed by atoms with van der Waals surface area (Å²) in [6, 6.07) is 17.3. The molecule has 0 aromatic heterocycles. The Labute approximate surface area is 191 Å². The number of likely N-dealkylation sites (N-methyl/N-ethyl adjacent to an activating group) is 1. The van der Waals surface area contributed by atoms with Crippen molar-refractivity contribution in [1.82, 2.24) is 9.80 Å². The van der Waals surface area contributed by atoms with Crippen LogP contribution in [0.4, 0.5) is 5.69 Å². The highest BCUT2D eigenvalue weighted by Crippen LogP contribution is 2.21. The van der Waals surface area contributed by atoms with E-state index in [0.717, 1.165) is 49.4 Å². The van der Waals surface area contributed by atoms with Crippen molar-refractivity contribution in [2.75, 3.05) is 38.6 Å². The predicted octanol–water partition coefficient (Wildman–Crippen LogP) is 3.83. The molecule has 2 atom stereocenters. The van der Waals surface area contributed by atoms with Crippen molar-refractivity contribution in [1.29, 1.82) is 0 Å². The summed E-state index contributed by atoms with van der Waals surface area (Å²) in [4.78, 5) is 29.3. The number of hydrogen-bond acceptors (Lipinski definition) is 4. The first-order valence-electron chi connectivity index (χ1n) is 11.5. The summed E-state index contributed by atoms with van der Waals surface area (Å²) in [6.45, 7) is 6.39. The lowest BCUT2D eigenvalue weighted by molar-refractivity contribution is -0.138. The van der Waals surface area contributed by atoms with Gasteiger partial charge >= 0.3 is 0 Å². The summed E-state index contributed by atoms with van der Waals surface area (Å²) in [5.41, 5.74) is 1.89. The minimum Gasteiger partial charge on any atom is -0.493 e. The van der Waals surface area contributed by atoms with Gasteiger partial charge in [0.2, 0.25) is 11.8 Å². The molecule has 2 unspecified atom stereocenters. The Bertz CT molecular complexity index is 887. The molecule has 172 valence electrons. The molecule has 0 bridgehead atoms. The summed E-state index contributed by atoms with van der Waals surface area (Å²) in [5.74, 6) is 1.05. The molecule has 1 aliphatic heterocycles. The third kappa shape index (κ3) is 6.57. The van der Waals surface area contributed by atoms with Crippen molar-refractivity contribution >= 4 is 17.5 Å². The maximum Gasteiger partial charge on any atom is 0.243 e. The van der Waals surface area contributed by atoms with Crippen LogP contribution in [0.25, 0.3) is 0 Å². The van der Waals surface area contributed by atoms with E-state index in [9.17, 15) is 9.59 Å². The Morgan fingerprint density at radius 3 is 2.62 bits per heavy atom. The Balaban J connectivity index is 1.49. The molecule has 32 heavy (non-hydrogen) atoms. The number of para-hydroxylation sites is 2. The summed E-state index contributed by atoms with van der Waals surface area (Å²) in [6.07, 6.45) is 2.98. The molecule has 6 heteroatoms. The first-order valence-corrected chi connectivity index (χ1v) is 11.5. The van der Waals surface area contributed by atoms with Crippen molar-refractivity contribution in [2.24, 2.45) is 5.92 Å². The molecule has 0 spiro atoms. The molecule has 1 heterocycles. The second kappa shape index (κ2) is 11.7. The second-order valence-electron chi connectivity index (χ2n) is 8.56. The van der Waals surface area contributed by atoms with Crippen LogP contribution in [0, 0.1) is 5.92 Å². The van der Waals surface area contributed by atoms with Gasteiger partial charge in [0.25, 0.3) is 0 Å². The number of rotatable bonds is 9. The number of piperidine rings is 1. The van der Waals surface area contributed by atoms with Gasteiger partial charge in [-0.15, -0.1) is 0 Å². The second-order valence-corrected chi connectivity index (χ2v) is 8.56. The van der Waals surface area contributed by atoms with E-state index in [1.807, 2.05) is 61.5 Å². The third-order valence-corrected chi connectivity index (χ3v) is 6.11. The van der Waals surface area contributed by atoms with E-state index >= 15 is 0 Å². The van der Waals surface area contributed by atoms with Gasteiger partial charge < -0.3 is 15.0 Å². The molecule has 1 aliphatic rings. The highest BCUT2D eigenvalue weighted by atomic mass is 16.5. The first-order chi connectivity index (χ1) is 15.5. The van der Waals surface area contributed by atoms with Gasteiger partial charge in [0.15, 0.2) is 0 Å². The van der Waals surface area contributed by atoms with Gasteiger partial charge in [-0.2, -0.15) is 0 Å². The minimum absolute atomic E-state index is 0.0337. The van der Waals surface area contributed by atoms with Crippen LogP contribution in [0.1, 0.15) is 32.3 Å². The fraction of sp³-hybridized carbons (Fsp3) is 0.462. The number of anilines is 1. The van der Waals surface area contributed by atoms with Crippen LogP contribution in [-0.4, -0.2) is 60.9 Å². The molecule has 0 radical (unpaired) electrons. The maximum absolute atomic E-state index is 13.0. The summed E-state index contributed by atoms with van der Waals surface area (Å²) < 4.78 is 5.93. The summed E-state index contributed by atoms with van der Waals surface area (Å²) in [7, 11) is 1.70. The molecule has 2 aromatic carbocycles. The van der Waals surface area contributed by atoms with E-state index in [1.54, 1.807) is 7.05 Å². The van der Waals surface area contributed by atoms with Crippen LogP contribution in [0.15, 0.2) is 54.6 Å². The number of nitrogens with zero attached hydrogens (tertiary/aromatic N) is 2.